The molecule has 0 saturated carbocycles. The van der Waals surface area contributed by atoms with Gasteiger partial charge in [0.05, 0.1) is 11.6 Å². The summed E-state index contributed by atoms with van der Waals surface area (Å²) in [5.74, 6) is 0.334. The van der Waals surface area contributed by atoms with Crippen LogP contribution < -0.4 is 39.8 Å². The number of nitrogens with zero attached hydrogens (tertiary/aromatic N) is 5. The molecule has 0 aliphatic rings. The average molecular weight is 526 g/mol. The highest BCUT2D eigenvalue weighted by Gasteiger charge is 2.19. The lowest BCUT2D eigenvalue weighted by atomic mass is 10.1. The first-order valence-electron chi connectivity index (χ1n) is 9.73. The van der Waals surface area contributed by atoms with Gasteiger partial charge in [-0.2, -0.15) is 5.10 Å². The van der Waals surface area contributed by atoms with Gasteiger partial charge in [-0.3, -0.25) is 4.79 Å². The number of pyridine rings is 1. The standard InChI is InChI=1S/C23H23N6O.HI/c1-15(2)29-19(30)12-11-18(27-29)22-20(16-8-5-4-6-9-16)26-23(24)21(25-22)17-10-7-13-28(3)14-17;/h4-15H,1-3H3,(H2,24,26);1H/q+1;/p-1. The molecule has 1 aromatic carbocycles. The van der Waals surface area contributed by atoms with Crippen LogP contribution in [0.2, 0.25) is 0 Å². The first kappa shape index (κ1) is 22.5. The second-order valence-electron chi connectivity index (χ2n) is 7.37. The van der Waals surface area contributed by atoms with Crippen molar-refractivity contribution in [2.45, 2.75) is 19.9 Å². The highest BCUT2D eigenvalue weighted by Crippen LogP contribution is 2.32. The zero-order valence-electron chi connectivity index (χ0n) is 17.5. The van der Waals surface area contributed by atoms with Crippen molar-refractivity contribution < 1.29 is 28.5 Å². The minimum Gasteiger partial charge on any atom is -1.00 e. The maximum atomic E-state index is 12.2. The van der Waals surface area contributed by atoms with E-state index in [0.29, 0.717) is 28.6 Å². The van der Waals surface area contributed by atoms with E-state index in [9.17, 15) is 4.79 Å². The number of benzene rings is 1. The molecule has 0 atom stereocenters. The largest absolute Gasteiger partial charge is 1.00 e. The summed E-state index contributed by atoms with van der Waals surface area (Å²) in [6, 6.07) is 16.7. The van der Waals surface area contributed by atoms with E-state index in [0.717, 1.165) is 11.1 Å². The summed E-state index contributed by atoms with van der Waals surface area (Å²) in [5.41, 5.74) is 10.2. The third-order valence-corrected chi connectivity index (χ3v) is 4.74. The summed E-state index contributed by atoms with van der Waals surface area (Å²) < 4.78 is 3.38. The van der Waals surface area contributed by atoms with Crippen LogP contribution in [-0.2, 0) is 7.05 Å². The van der Waals surface area contributed by atoms with Crippen molar-refractivity contribution in [2.24, 2.45) is 7.05 Å². The van der Waals surface area contributed by atoms with Crippen molar-refractivity contribution >= 4 is 5.82 Å². The number of nitrogens with two attached hydrogens (primary N) is 1. The topological polar surface area (TPSA) is 90.6 Å². The van der Waals surface area contributed by atoms with Gasteiger partial charge in [0.15, 0.2) is 18.2 Å². The number of aromatic nitrogens is 5. The SMILES string of the molecule is CC(C)n1nc(-c2nc(-c3ccc[n+](C)c3)c(N)nc2-c2ccccc2)ccc1=O.[I-]. The Bertz CT molecular complexity index is 1270. The number of hydrogen-bond acceptors (Lipinski definition) is 5. The summed E-state index contributed by atoms with van der Waals surface area (Å²) in [4.78, 5) is 21.8. The Morgan fingerprint density at radius 1 is 0.903 bits per heavy atom. The maximum absolute atomic E-state index is 12.2. The normalized spacial score (nSPS) is 10.7. The molecule has 0 bridgehead atoms. The summed E-state index contributed by atoms with van der Waals surface area (Å²) >= 11 is 0. The molecule has 8 heteroatoms. The lowest BCUT2D eigenvalue weighted by molar-refractivity contribution is -0.671. The second kappa shape index (κ2) is 9.34. The van der Waals surface area contributed by atoms with Crippen LogP contribution in [0.15, 0.2) is 71.8 Å². The molecule has 31 heavy (non-hydrogen) atoms. The van der Waals surface area contributed by atoms with Crippen LogP contribution in [0.4, 0.5) is 5.82 Å². The van der Waals surface area contributed by atoms with Crippen molar-refractivity contribution in [3.63, 3.8) is 0 Å². The van der Waals surface area contributed by atoms with E-state index in [-0.39, 0.29) is 35.6 Å². The van der Waals surface area contributed by atoms with Crippen LogP contribution in [0.5, 0.6) is 0 Å². The molecule has 3 heterocycles. The van der Waals surface area contributed by atoms with Crippen LogP contribution in [0.25, 0.3) is 33.9 Å². The Kier molecular flexibility index (Phi) is 6.79. The number of hydrogen-bond donors (Lipinski definition) is 1. The van der Waals surface area contributed by atoms with Crippen LogP contribution in [-0.4, -0.2) is 19.7 Å². The molecular formula is C23H23IN6O. The fraction of sp³-hybridized carbons (Fsp3) is 0.174. The molecule has 0 unspecified atom stereocenters. The fourth-order valence-corrected chi connectivity index (χ4v) is 3.29. The molecule has 0 amide bonds. The minimum absolute atomic E-state index is 0. The summed E-state index contributed by atoms with van der Waals surface area (Å²) in [7, 11) is 1.94. The van der Waals surface area contributed by atoms with E-state index in [1.807, 2.05) is 80.3 Å². The van der Waals surface area contributed by atoms with Gasteiger partial charge in [0, 0.05) is 17.7 Å². The van der Waals surface area contributed by atoms with E-state index in [4.69, 9.17) is 15.7 Å². The molecule has 0 aliphatic heterocycles. The average Bonchev–Trinajstić information content (AvgIpc) is 2.74. The van der Waals surface area contributed by atoms with Crippen LogP contribution in [0.1, 0.15) is 19.9 Å². The smallest absolute Gasteiger partial charge is 0.267 e. The Balaban J connectivity index is 0.00000272. The monoisotopic (exact) mass is 526 g/mol. The molecule has 0 radical (unpaired) electrons. The van der Waals surface area contributed by atoms with Gasteiger partial charge in [0.25, 0.3) is 5.56 Å². The van der Waals surface area contributed by atoms with Crippen molar-refractivity contribution in [2.75, 3.05) is 5.73 Å². The summed E-state index contributed by atoms with van der Waals surface area (Å²) in [6.45, 7) is 3.83. The molecule has 2 N–H and O–H groups in total. The number of anilines is 1. The molecule has 0 saturated heterocycles. The van der Waals surface area contributed by atoms with Gasteiger partial charge in [0.2, 0.25) is 0 Å². The molecule has 3 aromatic heterocycles. The number of aryl methyl sites for hydroxylation is 1. The lowest BCUT2D eigenvalue weighted by Gasteiger charge is -2.14. The second-order valence-corrected chi connectivity index (χ2v) is 7.37. The third kappa shape index (κ3) is 4.63. The predicted molar refractivity (Wildman–Crippen MR) is 116 cm³/mol. The van der Waals surface area contributed by atoms with Gasteiger partial charge < -0.3 is 29.7 Å². The molecule has 0 spiro atoms. The van der Waals surface area contributed by atoms with Crippen molar-refractivity contribution in [1.29, 1.82) is 0 Å². The third-order valence-electron chi connectivity index (χ3n) is 4.74. The van der Waals surface area contributed by atoms with E-state index < -0.39 is 0 Å². The molecule has 158 valence electrons. The number of nitrogen functional groups attached to an aromatic ring is 1. The molecule has 0 aliphatic carbocycles. The highest BCUT2D eigenvalue weighted by atomic mass is 127. The lowest BCUT2D eigenvalue weighted by Crippen LogP contribution is -3.00. The van der Waals surface area contributed by atoms with Crippen molar-refractivity contribution in [3.8, 4) is 33.9 Å². The van der Waals surface area contributed by atoms with E-state index >= 15 is 0 Å². The van der Waals surface area contributed by atoms with E-state index in [1.54, 1.807) is 6.07 Å². The molecule has 4 rings (SSSR count). The molecule has 4 aromatic rings. The Morgan fingerprint density at radius 2 is 1.61 bits per heavy atom. The minimum atomic E-state index is -0.159. The van der Waals surface area contributed by atoms with Gasteiger partial charge in [-0.15, -0.1) is 0 Å². The van der Waals surface area contributed by atoms with Gasteiger partial charge in [-0.25, -0.2) is 19.2 Å². The van der Waals surface area contributed by atoms with Crippen LogP contribution in [0.3, 0.4) is 0 Å². The zero-order valence-corrected chi connectivity index (χ0v) is 19.7. The van der Waals surface area contributed by atoms with Crippen molar-refractivity contribution in [3.05, 3.63) is 77.3 Å². The van der Waals surface area contributed by atoms with Gasteiger partial charge in [0.1, 0.15) is 29.8 Å². The summed E-state index contributed by atoms with van der Waals surface area (Å²) in [5, 5.41) is 4.57. The number of rotatable bonds is 4. The Morgan fingerprint density at radius 3 is 2.29 bits per heavy atom. The Labute approximate surface area is 197 Å². The maximum Gasteiger partial charge on any atom is 0.267 e. The highest BCUT2D eigenvalue weighted by molar-refractivity contribution is 5.81. The quantitative estimate of drug-likeness (QED) is 0.300. The zero-order chi connectivity index (χ0) is 21.3. The fourth-order valence-electron chi connectivity index (χ4n) is 3.29. The van der Waals surface area contributed by atoms with Gasteiger partial charge in [-0.05, 0) is 26.0 Å². The molecule has 0 fully saturated rings. The van der Waals surface area contributed by atoms with Crippen LogP contribution in [0, 0.1) is 0 Å². The van der Waals surface area contributed by atoms with Crippen molar-refractivity contribution in [1.82, 2.24) is 19.7 Å². The number of halogens is 1. The molecular weight excluding hydrogens is 503 g/mol. The first-order chi connectivity index (χ1) is 14.4. The summed E-state index contributed by atoms with van der Waals surface area (Å²) in [6.07, 6.45) is 3.88. The van der Waals surface area contributed by atoms with Gasteiger partial charge in [-0.1, -0.05) is 30.3 Å². The predicted octanol–water partition coefficient (Wildman–Crippen LogP) is 0.0259. The first-order valence-corrected chi connectivity index (χ1v) is 9.73. The van der Waals surface area contributed by atoms with Gasteiger partial charge >= 0.3 is 0 Å². The van der Waals surface area contributed by atoms with E-state index in [2.05, 4.69) is 5.10 Å². The Hall–Kier alpha value is -3.14. The molecule has 7 nitrogen and oxygen atoms in total. The van der Waals surface area contributed by atoms with Crippen LogP contribution >= 0.6 is 0 Å². The van der Waals surface area contributed by atoms with E-state index in [1.165, 1.54) is 10.7 Å².